The molecule has 128 valence electrons. The maximum absolute atomic E-state index is 12.7. The van der Waals surface area contributed by atoms with Crippen molar-refractivity contribution in [2.24, 2.45) is 11.3 Å². The molecule has 0 N–H and O–H groups in total. The van der Waals surface area contributed by atoms with Crippen molar-refractivity contribution < 1.29 is 19.1 Å². The van der Waals surface area contributed by atoms with E-state index in [1.807, 2.05) is 60.7 Å². The molecule has 2 aromatic carbocycles. The minimum atomic E-state index is -1.17. The van der Waals surface area contributed by atoms with E-state index in [4.69, 9.17) is 9.47 Å². The Morgan fingerprint density at radius 1 is 1.08 bits per heavy atom. The van der Waals surface area contributed by atoms with Crippen LogP contribution in [-0.4, -0.2) is 24.6 Å². The third-order valence-corrected chi connectivity index (χ3v) is 5.31. The van der Waals surface area contributed by atoms with Crippen LogP contribution in [0.15, 0.2) is 60.7 Å². The number of carbonyl (C=O) groups is 2. The fraction of sp³-hybridized carbons (Fsp3) is 0.333. The van der Waals surface area contributed by atoms with Crippen LogP contribution in [0.4, 0.5) is 0 Å². The molecule has 2 fully saturated rings. The molecule has 4 nitrogen and oxygen atoms in total. The number of rotatable bonds is 5. The van der Waals surface area contributed by atoms with E-state index in [1.165, 1.54) is 0 Å². The molecule has 1 saturated carbocycles. The Kier molecular flexibility index (Phi) is 3.83. The summed E-state index contributed by atoms with van der Waals surface area (Å²) >= 11 is 0. The summed E-state index contributed by atoms with van der Waals surface area (Å²) in [5.74, 6) is -1.22. The summed E-state index contributed by atoms with van der Waals surface area (Å²) in [5.41, 5.74) is 0.922. The second kappa shape index (κ2) is 6.03. The molecule has 2 aliphatic rings. The van der Waals surface area contributed by atoms with Gasteiger partial charge < -0.3 is 9.47 Å². The highest BCUT2D eigenvalue weighted by Gasteiger charge is 2.83. The number of cyclic esters (lactones) is 1. The normalized spacial score (nSPS) is 29.6. The molecule has 0 spiro atoms. The van der Waals surface area contributed by atoms with Crippen molar-refractivity contribution in [3.63, 3.8) is 0 Å². The molecule has 4 rings (SSSR count). The van der Waals surface area contributed by atoms with Gasteiger partial charge in [0.1, 0.15) is 6.10 Å². The van der Waals surface area contributed by atoms with Crippen molar-refractivity contribution in [3.8, 4) is 0 Å². The maximum atomic E-state index is 12.7. The van der Waals surface area contributed by atoms with E-state index in [0.29, 0.717) is 6.42 Å². The molecule has 0 unspecified atom stereocenters. The largest absolute Gasteiger partial charge is 0.465 e. The van der Waals surface area contributed by atoms with Crippen LogP contribution in [0.2, 0.25) is 0 Å². The maximum Gasteiger partial charge on any atom is 0.324 e. The summed E-state index contributed by atoms with van der Waals surface area (Å²) in [5, 5.41) is 0. The Morgan fingerprint density at radius 3 is 2.36 bits per heavy atom. The van der Waals surface area contributed by atoms with E-state index in [0.717, 1.165) is 11.1 Å². The first-order valence-corrected chi connectivity index (χ1v) is 8.66. The monoisotopic (exact) mass is 336 g/mol. The van der Waals surface area contributed by atoms with Gasteiger partial charge in [0.25, 0.3) is 0 Å². The summed E-state index contributed by atoms with van der Waals surface area (Å²) < 4.78 is 10.9. The zero-order chi connectivity index (χ0) is 17.4. The van der Waals surface area contributed by atoms with Crippen LogP contribution in [0.25, 0.3) is 0 Å². The lowest BCUT2D eigenvalue weighted by Crippen LogP contribution is -2.29. The number of benzene rings is 2. The minimum absolute atomic E-state index is 0.164. The summed E-state index contributed by atoms with van der Waals surface area (Å²) in [7, 11) is 0. The molecule has 0 radical (unpaired) electrons. The van der Waals surface area contributed by atoms with E-state index >= 15 is 0 Å². The standard InChI is InChI=1S/C21H20O4/c1-2-24-19(22)21-17(15-11-7-4-8-12-15)18(21)16(25-20(21)23)13-14-9-5-3-6-10-14/h3-12,16-18H,2,13H2,1H3/t16-,17-,18+,21-/m0/s1. The predicted molar refractivity (Wildman–Crippen MR) is 91.8 cm³/mol. The van der Waals surface area contributed by atoms with E-state index in [1.54, 1.807) is 6.92 Å². The molecule has 1 aliphatic carbocycles. The van der Waals surface area contributed by atoms with Crippen LogP contribution < -0.4 is 0 Å². The molecule has 25 heavy (non-hydrogen) atoms. The number of hydrogen-bond acceptors (Lipinski definition) is 4. The summed E-state index contributed by atoms with van der Waals surface area (Å²) in [6, 6.07) is 19.6. The van der Waals surface area contributed by atoms with Crippen molar-refractivity contribution in [3.05, 3.63) is 71.8 Å². The number of fused-ring (bicyclic) bond motifs is 1. The Hall–Kier alpha value is -2.62. The first-order valence-electron chi connectivity index (χ1n) is 8.66. The lowest BCUT2D eigenvalue weighted by Gasteiger charge is -2.16. The average Bonchev–Trinajstić information content (AvgIpc) is 3.26. The SMILES string of the molecule is CCOC(=O)[C@@]12C(=O)O[C@@H](Cc3ccccc3)[C@@H]1[C@@H]2c1ccccc1. The van der Waals surface area contributed by atoms with Gasteiger partial charge in [-0.2, -0.15) is 0 Å². The van der Waals surface area contributed by atoms with E-state index in [2.05, 4.69) is 0 Å². The summed E-state index contributed by atoms with van der Waals surface area (Å²) in [6.45, 7) is 2.01. The molecule has 1 saturated heterocycles. The van der Waals surface area contributed by atoms with Crippen molar-refractivity contribution in [2.45, 2.75) is 25.4 Å². The molecule has 0 bridgehead atoms. The Balaban J connectivity index is 1.68. The molecule has 4 atom stereocenters. The average molecular weight is 336 g/mol. The van der Waals surface area contributed by atoms with Gasteiger partial charge >= 0.3 is 11.9 Å². The zero-order valence-corrected chi connectivity index (χ0v) is 14.1. The summed E-state index contributed by atoms with van der Waals surface area (Å²) in [6.07, 6.45) is 0.311. The molecule has 1 aliphatic heterocycles. The van der Waals surface area contributed by atoms with Gasteiger partial charge in [0.2, 0.25) is 0 Å². The second-order valence-electron chi connectivity index (χ2n) is 6.64. The topological polar surface area (TPSA) is 52.6 Å². The number of esters is 2. The van der Waals surface area contributed by atoms with Crippen LogP contribution >= 0.6 is 0 Å². The Morgan fingerprint density at radius 2 is 1.72 bits per heavy atom. The second-order valence-corrected chi connectivity index (χ2v) is 6.64. The van der Waals surface area contributed by atoms with Crippen LogP contribution in [0.1, 0.15) is 24.0 Å². The fourth-order valence-corrected chi connectivity index (χ4v) is 4.24. The van der Waals surface area contributed by atoms with Crippen LogP contribution in [-0.2, 0) is 25.5 Å². The highest BCUT2D eigenvalue weighted by molar-refractivity contribution is 6.08. The van der Waals surface area contributed by atoms with Gasteiger partial charge in [-0.3, -0.25) is 9.59 Å². The number of hydrogen-bond donors (Lipinski definition) is 0. The first kappa shape index (κ1) is 15.9. The van der Waals surface area contributed by atoms with Crippen molar-refractivity contribution in [2.75, 3.05) is 6.61 Å². The lowest BCUT2D eigenvalue weighted by molar-refractivity contribution is -0.161. The molecular formula is C21H20O4. The van der Waals surface area contributed by atoms with E-state index in [9.17, 15) is 9.59 Å². The van der Waals surface area contributed by atoms with Crippen LogP contribution in [0, 0.1) is 11.3 Å². The Bertz CT molecular complexity index is 786. The molecular weight excluding hydrogens is 316 g/mol. The number of carbonyl (C=O) groups excluding carboxylic acids is 2. The smallest absolute Gasteiger partial charge is 0.324 e. The fourth-order valence-electron chi connectivity index (χ4n) is 4.24. The van der Waals surface area contributed by atoms with Gasteiger partial charge in [-0.25, -0.2) is 0 Å². The third kappa shape index (κ3) is 2.36. The predicted octanol–water partition coefficient (Wildman–Crippen LogP) is 3.12. The quantitative estimate of drug-likeness (QED) is 0.622. The highest BCUT2D eigenvalue weighted by atomic mass is 16.6. The van der Waals surface area contributed by atoms with E-state index < -0.39 is 17.4 Å². The molecule has 0 amide bonds. The molecule has 2 aromatic rings. The van der Waals surface area contributed by atoms with Gasteiger partial charge in [0, 0.05) is 18.3 Å². The van der Waals surface area contributed by atoms with Gasteiger partial charge in [-0.05, 0) is 18.1 Å². The van der Waals surface area contributed by atoms with Crippen LogP contribution in [0.5, 0.6) is 0 Å². The van der Waals surface area contributed by atoms with Crippen molar-refractivity contribution >= 4 is 11.9 Å². The van der Waals surface area contributed by atoms with Gasteiger partial charge in [0.05, 0.1) is 6.61 Å². The lowest BCUT2D eigenvalue weighted by atomic mass is 9.99. The molecule has 1 heterocycles. The summed E-state index contributed by atoms with van der Waals surface area (Å²) in [4.78, 5) is 25.4. The number of ether oxygens (including phenoxy) is 2. The first-order chi connectivity index (χ1) is 12.2. The van der Waals surface area contributed by atoms with Gasteiger partial charge in [-0.15, -0.1) is 0 Å². The van der Waals surface area contributed by atoms with Gasteiger partial charge in [0.15, 0.2) is 5.41 Å². The van der Waals surface area contributed by atoms with Crippen molar-refractivity contribution in [1.29, 1.82) is 0 Å². The van der Waals surface area contributed by atoms with Crippen LogP contribution in [0.3, 0.4) is 0 Å². The van der Waals surface area contributed by atoms with E-state index in [-0.39, 0.29) is 24.5 Å². The Labute approximate surface area is 146 Å². The zero-order valence-electron chi connectivity index (χ0n) is 14.1. The molecule has 4 heteroatoms. The third-order valence-electron chi connectivity index (χ3n) is 5.31. The van der Waals surface area contributed by atoms with Gasteiger partial charge in [-0.1, -0.05) is 60.7 Å². The molecule has 0 aromatic heterocycles. The van der Waals surface area contributed by atoms with Crippen molar-refractivity contribution in [1.82, 2.24) is 0 Å². The highest BCUT2D eigenvalue weighted by Crippen LogP contribution is 2.71. The minimum Gasteiger partial charge on any atom is -0.465 e.